The molecule has 6 atom stereocenters. The van der Waals surface area contributed by atoms with Gasteiger partial charge in [0.1, 0.15) is 29.3 Å². The zero-order valence-electron chi connectivity index (χ0n) is 52.6. The summed E-state index contributed by atoms with van der Waals surface area (Å²) in [5, 5.41) is 0. The molecule has 0 saturated heterocycles. The van der Waals surface area contributed by atoms with Crippen molar-refractivity contribution in [2.75, 3.05) is 11.5 Å². The molecule has 3 aromatic carbocycles. The maximum atomic E-state index is 12.4. The molecule has 0 heterocycles. The van der Waals surface area contributed by atoms with Crippen molar-refractivity contribution in [3.63, 3.8) is 0 Å². The maximum Gasteiger partial charge on any atom is 1.00 e. The number of rotatable bonds is 14. The van der Waals surface area contributed by atoms with E-state index < -0.39 is 32.6 Å². The number of carbonyl (C=O) groups excluding carboxylic acids is 3. The van der Waals surface area contributed by atoms with Crippen LogP contribution in [0.3, 0.4) is 0 Å². The van der Waals surface area contributed by atoms with Gasteiger partial charge in [-0.1, -0.05) is 91.0 Å². The zero-order chi connectivity index (χ0) is 54.7. The molecule has 10 nitrogen and oxygen atoms in total. The van der Waals surface area contributed by atoms with Gasteiger partial charge in [-0.15, -0.1) is 0 Å². The predicted octanol–water partition coefficient (Wildman–Crippen LogP) is 11.1. The second kappa shape index (κ2) is 35.1. The van der Waals surface area contributed by atoms with Gasteiger partial charge in [0, 0.05) is 56.7 Å². The van der Waals surface area contributed by atoms with E-state index in [4.69, 9.17) is 14.2 Å². The fourth-order valence-corrected chi connectivity index (χ4v) is 15.2. The fourth-order valence-electron chi connectivity index (χ4n) is 12.2. The van der Waals surface area contributed by atoms with Crippen molar-refractivity contribution in [2.24, 2.45) is 50.2 Å². The Kier molecular flexibility index (Phi) is 35.7. The number of carbonyl (C=O) groups is 3. The van der Waals surface area contributed by atoms with Gasteiger partial charge in [-0.3, -0.25) is 22.8 Å². The van der Waals surface area contributed by atoms with Gasteiger partial charge in [0.25, 0.3) is 0 Å². The van der Waals surface area contributed by atoms with Crippen LogP contribution in [0.4, 0.5) is 0 Å². The van der Waals surface area contributed by atoms with E-state index in [1.165, 1.54) is 0 Å². The van der Waals surface area contributed by atoms with E-state index in [-0.39, 0.29) is 194 Å². The molecule has 0 aromatic heterocycles. The van der Waals surface area contributed by atoms with Crippen LogP contribution < -0.4 is 29.6 Å². The SMILES string of the molecule is C[C@H](OC(=O)C1CC2(CC(=N[S@@](=O)C(C)(C)C)C2)C1)c1ccccc1.C[C@H](OC(=O)C1CC2(CC(C[S@@](=O)C(C)(C)C)C2)C1)c1ccccc1.C[C@H](OC(=O)C1CC2(CC(C[S@@](=O)C(C)(C)C)C2)C1)c1ccccc1.S.S.S.S.S.S.[B].[H-].[Na+]. The molecular weight excluding hydrogens is 1230 g/mol. The average molecular weight is 1330 g/mol. The topological polar surface area (TPSA) is 142 Å². The van der Waals surface area contributed by atoms with Crippen molar-refractivity contribution in [1.29, 1.82) is 0 Å². The molecule has 3 radical (unpaired) electrons. The van der Waals surface area contributed by atoms with Crippen molar-refractivity contribution >= 4 is 146 Å². The van der Waals surface area contributed by atoms with Gasteiger partial charge in [-0.2, -0.15) is 85.4 Å². The molecule has 3 spiro atoms. The largest absolute Gasteiger partial charge is 1.00 e. The molecule has 0 N–H and O–H groups in total. The summed E-state index contributed by atoms with van der Waals surface area (Å²) in [5.41, 5.74) is 5.03. The Morgan fingerprint density at radius 2 is 0.723 bits per heavy atom. The van der Waals surface area contributed by atoms with Crippen LogP contribution in [0.1, 0.15) is 197 Å². The van der Waals surface area contributed by atoms with Gasteiger partial charge in [-0.25, -0.2) is 4.21 Å². The molecule has 21 heteroatoms. The van der Waals surface area contributed by atoms with Crippen molar-refractivity contribution in [3.8, 4) is 0 Å². The molecule has 0 amide bonds. The predicted molar refractivity (Wildman–Crippen MR) is 373 cm³/mol. The molecule has 6 aliphatic rings. The smallest absolute Gasteiger partial charge is 1.00 e. The monoisotopic (exact) mass is 1320 g/mol. The molecule has 9 rings (SSSR count). The quantitative estimate of drug-likeness (QED) is 0.0876. The van der Waals surface area contributed by atoms with E-state index >= 15 is 0 Å². The summed E-state index contributed by atoms with van der Waals surface area (Å²) in [7, 11) is -2.71. The summed E-state index contributed by atoms with van der Waals surface area (Å²) in [6.07, 6.45) is 11.2. The summed E-state index contributed by atoms with van der Waals surface area (Å²) in [6.45, 7) is 23.8. The minimum atomic E-state index is -1.18. The molecule has 6 fully saturated rings. The van der Waals surface area contributed by atoms with Gasteiger partial charge in [0.15, 0.2) is 0 Å². The third-order valence-corrected chi connectivity index (χ3v) is 22.4. The van der Waals surface area contributed by atoms with Crippen LogP contribution in [0.15, 0.2) is 95.4 Å². The Bertz CT molecular complexity index is 2450. The third kappa shape index (κ3) is 23.0. The molecule has 0 unspecified atom stereocenters. The van der Waals surface area contributed by atoms with Gasteiger partial charge >= 0.3 is 47.5 Å². The number of hydrogen-bond acceptors (Lipinski definition) is 9. The Hall–Kier alpha value is -0.645. The van der Waals surface area contributed by atoms with E-state index in [9.17, 15) is 27.0 Å². The number of ether oxygens (including phenoxy) is 3. The van der Waals surface area contributed by atoms with Crippen LogP contribution in [-0.4, -0.2) is 70.4 Å². The van der Waals surface area contributed by atoms with Crippen molar-refractivity contribution in [1.82, 2.24) is 0 Å². The molecule has 6 saturated carbocycles. The first kappa shape index (κ1) is 84.4. The van der Waals surface area contributed by atoms with Crippen LogP contribution >= 0.6 is 81.0 Å². The molecule has 83 heavy (non-hydrogen) atoms. The summed E-state index contributed by atoms with van der Waals surface area (Å²) >= 11 is 0. The first-order chi connectivity index (χ1) is 35.1. The zero-order valence-corrected chi connectivity index (χ0v) is 62.1. The first-order valence-electron chi connectivity index (χ1n) is 27.6. The number of nitrogens with zero attached hydrogens (tertiary/aromatic N) is 1. The first-order valence-corrected chi connectivity index (χ1v) is 31.3. The standard InChI is InChI=1S/2C21H30O3S.C20H27NO3S.B.Na.6H2S.H/c2*1-15(17-8-6-5-7-9-17)24-19(22)18-12-21(13-18)10-16(11-21)14-25(23)20(2,3)4;1-14(15-8-6-5-7-9-15)24-18(22)16-10-20(11-16)12-17(13-20)21-25(23)19(2,3)4;;;;;;;;;/h2*5-9,15-16,18H,10-14H2,1-4H3;5-9,14,16H,10-13H2,1-4H3;;;6*1H2;/q;;;;+1;;;;;;;-1/t2*15-,16?,18?,21?,25+;14-,16?,20?,25-;;;;;;;;;/m000........./s1. The van der Waals surface area contributed by atoms with Gasteiger partial charge in [0.05, 0.1) is 22.5 Å². The average Bonchev–Trinajstić information content (AvgIpc) is 3.27. The normalized spacial score (nSPS) is 27.0. The third-order valence-electron chi connectivity index (χ3n) is 16.7. The molecular formula is C62H100BNNaO9S9. The van der Waals surface area contributed by atoms with Crippen LogP contribution in [0.25, 0.3) is 0 Å². The van der Waals surface area contributed by atoms with Gasteiger partial charge < -0.3 is 15.6 Å². The van der Waals surface area contributed by atoms with Crippen LogP contribution in [0.5, 0.6) is 0 Å². The Labute approximate surface area is 574 Å². The Morgan fingerprint density at radius 3 is 0.964 bits per heavy atom. The minimum absolute atomic E-state index is 0. The minimum Gasteiger partial charge on any atom is -1.00 e. The second-order valence-corrected chi connectivity index (χ2v) is 32.9. The van der Waals surface area contributed by atoms with Gasteiger partial charge in [-0.05, 0) is 205 Å². The van der Waals surface area contributed by atoms with E-state index in [2.05, 4.69) is 4.40 Å². The van der Waals surface area contributed by atoms with Crippen molar-refractivity contribution in [2.45, 2.75) is 193 Å². The maximum absolute atomic E-state index is 12.4. The molecule has 0 bridgehead atoms. The molecule has 3 aromatic rings. The Balaban J connectivity index is -0.00000111. The number of esters is 3. The molecule has 6 aliphatic carbocycles. The fraction of sp³-hybridized carbons (Fsp3) is 0.645. The van der Waals surface area contributed by atoms with E-state index in [0.717, 1.165) is 111 Å². The summed E-state index contributed by atoms with van der Waals surface area (Å²) in [4.78, 5) is 37.0. The van der Waals surface area contributed by atoms with Gasteiger partial charge in [0.2, 0.25) is 0 Å². The number of hydrogen-bond donors (Lipinski definition) is 0. The summed E-state index contributed by atoms with van der Waals surface area (Å²) < 4.78 is 57.3. The van der Waals surface area contributed by atoms with Crippen LogP contribution in [-0.2, 0) is 61.2 Å². The number of benzene rings is 3. The second-order valence-electron chi connectivity index (χ2n) is 26.5. The molecule has 0 aliphatic heterocycles. The van der Waals surface area contributed by atoms with E-state index in [1.54, 1.807) is 0 Å². The van der Waals surface area contributed by atoms with Crippen molar-refractivity contribution in [3.05, 3.63) is 108 Å². The summed E-state index contributed by atoms with van der Waals surface area (Å²) in [5.74, 6) is 2.68. The van der Waals surface area contributed by atoms with Crippen LogP contribution in [0, 0.1) is 45.8 Å². The molecule has 465 valence electrons. The van der Waals surface area contributed by atoms with E-state index in [1.807, 2.05) is 174 Å². The van der Waals surface area contributed by atoms with E-state index in [0.29, 0.717) is 22.7 Å². The van der Waals surface area contributed by atoms with Crippen LogP contribution in [0.2, 0.25) is 0 Å². The summed E-state index contributed by atoms with van der Waals surface area (Å²) in [6, 6.07) is 29.6. The Morgan fingerprint density at radius 1 is 0.470 bits per heavy atom. The van der Waals surface area contributed by atoms with Crippen molar-refractivity contribution < 1.29 is 72.2 Å².